The van der Waals surface area contributed by atoms with Crippen molar-refractivity contribution in [3.63, 3.8) is 0 Å². The average molecular weight is 449 g/mol. The molecule has 1 heterocycles. The Morgan fingerprint density at radius 1 is 1.06 bits per heavy atom. The van der Waals surface area contributed by atoms with Gasteiger partial charge in [0.25, 0.3) is 5.91 Å². The lowest BCUT2D eigenvalue weighted by Crippen LogP contribution is -2.38. The minimum atomic E-state index is -3.44. The van der Waals surface area contributed by atoms with Gasteiger partial charge >= 0.3 is 0 Å². The standard InChI is InChI=1S/C22H28N2O6S/c1-28-20-13-17-9-11-24(15-18(17)14-21(20)29-2)31(26,27)12-6-10-23-22(25)16-30-19-7-4-3-5-8-19/h3-5,7-8,13-14H,6,9-12,15-16H2,1-2H3,(H,23,25). The molecule has 0 aliphatic carbocycles. The Bertz CT molecular complexity index is 995. The highest BCUT2D eigenvalue weighted by molar-refractivity contribution is 7.89. The molecule has 8 nitrogen and oxygen atoms in total. The molecule has 0 unspecified atom stereocenters. The van der Waals surface area contributed by atoms with E-state index >= 15 is 0 Å². The fourth-order valence-electron chi connectivity index (χ4n) is 3.42. The molecule has 1 aliphatic heterocycles. The first-order valence-electron chi connectivity index (χ1n) is 10.1. The first kappa shape index (κ1) is 22.9. The topological polar surface area (TPSA) is 94.2 Å². The van der Waals surface area contributed by atoms with Gasteiger partial charge in [-0.3, -0.25) is 4.79 Å². The van der Waals surface area contributed by atoms with Crippen molar-refractivity contribution in [1.82, 2.24) is 9.62 Å². The monoisotopic (exact) mass is 448 g/mol. The Morgan fingerprint density at radius 3 is 2.42 bits per heavy atom. The molecule has 0 spiro atoms. The molecular formula is C22H28N2O6S. The smallest absolute Gasteiger partial charge is 0.257 e. The van der Waals surface area contributed by atoms with Crippen molar-refractivity contribution in [2.45, 2.75) is 19.4 Å². The summed E-state index contributed by atoms with van der Waals surface area (Å²) < 4.78 is 43.0. The van der Waals surface area contributed by atoms with Gasteiger partial charge in [0.05, 0.1) is 20.0 Å². The fourth-order valence-corrected chi connectivity index (χ4v) is 4.90. The van der Waals surface area contributed by atoms with E-state index in [1.807, 2.05) is 30.3 Å². The number of para-hydroxylation sites is 1. The van der Waals surface area contributed by atoms with Gasteiger partial charge < -0.3 is 19.5 Å². The lowest BCUT2D eigenvalue weighted by atomic mass is 10.0. The zero-order valence-corrected chi connectivity index (χ0v) is 18.6. The Morgan fingerprint density at radius 2 is 1.74 bits per heavy atom. The lowest BCUT2D eigenvalue weighted by molar-refractivity contribution is -0.123. The number of ether oxygens (including phenoxy) is 3. The van der Waals surface area contributed by atoms with Crippen molar-refractivity contribution in [2.24, 2.45) is 0 Å². The number of hydrogen-bond donors (Lipinski definition) is 1. The maximum atomic E-state index is 12.8. The highest BCUT2D eigenvalue weighted by Crippen LogP contribution is 2.33. The number of methoxy groups -OCH3 is 2. The normalized spacial score (nSPS) is 13.9. The van der Waals surface area contributed by atoms with E-state index in [0.29, 0.717) is 43.2 Å². The third-order valence-electron chi connectivity index (χ3n) is 5.09. The van der Waals surface area contributed by atoms with E-state index in [9.17, 15) is 13.2 Å². The van der Waals surface area contributed by atoms with Crippen molar-refractivity contribution >= 4 is 15.9 Å². The summed E-state index contributed by atoms with van der Waals surface area (Å²) in [5, 5.41) is 2.69. The second-order valence-corrected chi connectivity index (χ2v) is 9.27. The molecular weight excluding hydrogens is 420 g/mol. The number of hydrogen-bond acceptors (Lipinski definition) is 6. The summed E-state index contributed by atoms with van der Waals surface area (Å²) in [6.45, 7) is 0.883. The van der Waals surface area contributed by atoms with Crippen LogP contribution in [-0.2, 0) is 27.8 Å². The van der Waals surface area contributed by atoms with Crippen LogP contribution in [-0.4, -0.2) is 58.3 Å². The van der Waals surface area contributed by atoms with Gasteiger partial charge in [0.1, 0.15) is 5.75 Å². The highest BCUT2D eigenvalue weighted by Gasteiger charge is 2.27. The molecule has 2 aromatic carbocycles. The van der Waals surface area contributed by atoms with Crippen molar-refractivity contribution < 1.29 is 27.4 Å². The van der Waals surface area contributed by atoms with Crippen molar-refractivity contribution in [3.05, 3.63) is 53.6 Å². The van der Waals surface area contributed by atoms with Crippen LogP contribution >= 0.6 is 0 Å². The van der Waals surface area contributed by atoms with Crippen LogP contribution in [0, 0.1) is 0 Å². The summed E-state index contributed by atoms with van der Waals surface area (Å²) in [6, 6.07) is 12.8. The number of nitrogens with zero attached hydrogens (tertiary/aromatic N) is 1. The predicted octanol–water partition coefficient (Wildman–Crippen LogP) is 1.98. The number of fused-ring (bicyclic) bond motifs is 1. The van der Waals surface area contributed by atoms with Gasteiger partial charge in [-0.1, -0.05) is 18.2 Å². The van der Waals surface area contributed by atoms with Crippen LogP contribution < -0.4 is 19.5 Å². The van der Waals surface area contributed by atoms with Crippen LogP contribution in [0.2, 0.25) is 0 Å². The quantitative estimate of drug-likeness (QED) is 0.559. The van der Waals surface area contributed by atoms with E-state index < -0.39 is 10.0 Å². The summed E-state index contributed by atoms with van der Waals surface area (Å²) in [6.07, 6.45) is 0.942. The Hall–Kier alpha value is -2.78. The molecule has 0 radical (unpaired) electrons. The van der Waals surface area contributed by atoms with Crippen LogP contribution in [0.4, 0.5) is 0 Å². The minimum Gasteiger partial charge on any atom is -0.493 e. The Kier molecular flexibility index (Phi) is 7.75. The van der Waals surface area contributed by atoms with Crippen LogP contribution in [0.15, 0.2) is 42.5 Å². The van der Waals surface area contributed by atoms with Crippen LogP contribution in [0.5, 0.6) is 17.2 Å². The molecule has 2 aromatic rings. The summed E-state index contributed by atoms with van der Waals surface area (Å²) in [5.41, 5.74) is 1.98. The van der Waals surface area contributed by atoms with E-state index in [0.717, 1.165) is 11.1 Å². The Balaban J connectivity index is 1.46. The molecule has 31 heavy (non-hydrogen) atoms. The van der Waals surface area contributed by atoms with Gasteiger partial charge in [-0.15, -0.1) is 0 Å². The number of amides is 1. The number of carbonyl (C=O) groups excluding carboxylic acids is 1. The first-order valence-corrected chi connectivity index (χ1v) is 11.7. The third kappa shape index (κ3) is 6.11. The Labute approximate surface area is 183 Å². The molecule has 9 heteroatoms. The number of benzene rings is 2. The molecule has 0 fully saturated rings. The molecule has 3 rings (SSSR count). The minimum absolute atomic E-state index is 0.0323. The second kappa shape index (κ2) is 10.5. The number of sulfonamides is 1. The summed E-state index contributed by atoms with van der Waals surface area (Å²) >= 11 is 0. The molecule has 0 saturated heterocycles. The van der Waals surface area contributed by atoms with E-state index in [2.05, 4.69) is 5.32 Å². The maximum absolute atomic E-state index is 12.8. The molecule has 0 aromatic heterocycles. The SMILES string of the molecule is COc1cc2c(cc1OC)CN(S(=O)(=O)CCCNC(=O)COc1ccccc1)CC2. The van der Waals surface area contributed by atoms with Crippen LogP contribution in [0.1, 0.15) is 17.5 Å². The molecule has 1 N–H and O–H groups in total. The molecule has 0 saturated carbocycles. The lowest BCUT2D eigenvalue weighted by Gasteiger charge is -2.29. The fraction of sp³-hybridized carbons (Fsp3) is 0.409. The zero-order chi connectivity index (χ0) is 22.3. The van der Waals surface area contributed by atoms with Gasteiger partial charge in [-0.25, -0.2) is 8.42 Å². The first-order chi connectivity index (χ1) is 14.9. The molecule has 0 atom stereocenters. The third-order valence-corrected chi connectivity index (χ3v) is 6.99. The summed E-state index contributed by atoms with van der Waals surface area (Å²) in [7, 11) is -0.300. The molecule has 1 amide bonds. The molecule has 1 aliphatic rings. The van der Waals surface area contributed by atoms with Crippen LogP contribution in [0.25, 0.3) is 0 Å². The van der Waals surface area contributed by atoms with Gasteiger partial charge in [0, 0.05) is 19.6 Å². The largest absolute Gasteiger partial charge is 0.493 e. The summed E-state index contributed by atoms with van der Waals surface area (Å²) in [4.78, 5) is 11.9. The average Bonchev–Trinajstić information content (AvgIpc) is 2.79. The van der Waals surface area contributed by atoms with E-state index in [1.165, 1.54) is 4.31 Å². The maximum Gasteiger partial charge on any atom is 0.257 e. The number of rotatable bonds is 10. The predicted molar refractivity (Wildman–Crippen MR) is 117 cm³/mol. The highest BCUT2D eigenvalue weighted by atomic mass is 32.2. The zero-order valence-electron chi connectivity index (χ0n) is 17.8. The van der Waals surface area contributed by atoms with E-state index in [-0.39, 0.29) is 24.8 Å². The van der Waals surface area contributed by atoms with Gasteiger partial charge in [-0.05, 0) is 48.2 Å². The number of nitrogens with one attached hydrogen (secondary N) is 1. The number of carbonyl (C=O) groups is 1. The van der Waals surface area contributed by atoms with Gasteiger partial charge in [0.2, 0.25) is 10.0 Å². The van der Waals surface area contributed by atoms with Crippen molar-refractivity contribution in [2.75, 3.05) is 39.7 Å². The second-order valence-electron chi connectivity index (χ2n) is 7.18. The van der Waals surface area contributed by atoms with Gasteiger partial charge in [0.15, 0.2) is 18.1 Å². The van der Waals surface area contributed by atoms with Crippen molar-refractivity contribution in [1.29, 1.82) is 0 Å². The molecule has 168 valence electrons. The summed E-state index contributed by atoms with van der Waals surface area (Å²) in [5.74, 6) is 1.52. The van der Waals surface area contributed by atoms with Gasteiger partial charge in [-0.2, -0.15) is 4.31 Å². The molecule has 0 bridgehead atoms. The van der Waals surface area contributed by atoms with E-state index in [4.69, 9.17) is 14.2 Å². The van der Waals surface area contributed by atoms with E-state index in [1.54, 1.807) is 26.4 Å². The van der Waals surface area contributed by atoms with Crippen LogP contribution in [0.3, 0.4) is 0 Å². The van der Waals surface area contributed by atoms with Crippen molar-refractivity contribution in [3.8, 4) is 17.2 Å².